The molecule has 1 N–H and O–H groups in total. The lowest BCUT2D eigenvalue weighted by molar-refractivity contribution is -0.131. The van der Waals surface area contributed by atoms with Crippen molar-refractivity contribution in [3.8, 4) is 0 Å². The average molecular weight is 273 g/mol. The summed E-state index contributed by atoms with van der Waals surface area (Å²) in [6.45, 7) is 4.17. The Labute approximate surface area is 120 Å². The van der Waals surface area contributed by atoms with Gasteiger partial charge in [-0.25, -0.2) is 0 Å². The first-order valence-corrected chi connectivity index (χ1v) is 7.49. The summed E-state index contributed by atoms with van der Waals surface area (Å²) < 4.78 is 0. The van der Waals surface area contributed by atoms with Crippen molar-refractivity contribution in [2.75, 3.05) is 39.8 Å². The summed E-state index contributed by atoms with van der Waals surface area (Å²) >= 11 is 0. The van der Waals surface area contributed by atoms with E-state index in [9.17, 15) is 4.79 Å². The average Bonchev–Trinajstić information content (AvgIpc) is 2.88. The first-order valence-electron chi connectivity index (χ1n) is 7.49. The maximum Gasteiger partial charge on any atom is 0.236 e. The molecule has 1 saturated heterocycles. The number of fused-ring (bicyclic) bond motifs is 1. The Morgan fingerprint density at radius 1 is 1.15 bits per heavy atom. The molecule has 0 unspecified atom stereocenters. The van der Waals surface area contributed by atoms with Gasteiger partial charge in [0.05, 0.1) is 6.54 Å². The van der Waals surface area contributed by atoms with Crippen molar-refractivity contribution in [1.29, 1.82) is 0 Å². The smallest absolute Gasteiger partial charge is 0.236 e. The van der Waals surface area contributed by atoms with Crippen LogP contribution >= 0.6 is 0 Å². The van der Waals surface area contributed by atoms with E-state index in [0.29, 0.717) is 12.6 Å². The van der Waals surface area contributed by atoms with Crippen LogP contribution in [0.1, 0.15) is 11.1 Å². The molecule has 20 heavy (non-hydrogen) atoms. The van der Waals surface area contributed by atoms with Gasteiger partial charge in [0.25, 0.3) is 0 Å². The molecule has 1 aliphatic carbocycles. The van der Waals surface area contributed by atoms with Crippen LogP contribution in [0.4, 0.5) is 0 Å². The van der Waals surface area contributed by atoms with E-state index in [1.54, 1.807) is 0 Å². The number of rotatable bonds is 3. The Kier molecular flexibility index (Phi) is 4.03. The van der Waals surface area contributed by atoms with Crippen LogP contribution in [0, 0.1) is 0 Å². The van der Waals surface area contributed by atoms with Gasteiger partial charge in [0.2, 0.25) is 5.91 Å². The molecule has 108 valence electrons. The maximum atomic E-state index is 12.2. The van der Waals surface area contributed by atoms with E-state index in [1.165, 1.54) is 11.1 Å². The van der Waals surface area contributed by atoms with Crippen LogP contribution in [-0.2, 0) is 17.6 Å². The quantitative estimate of drug-likeness (QED) is 0.872. The standard InChI is InChI=1S/C16H23N3O/c1-18-6-8-19(9-7-18)16(20)12-17-15-10-13-4-2-3-5-14(13)11-15/h2-5,15,17H,6-12H2,1H3. The fourth-order valence-corrected chi connectivity index (χ4v) is 3.10. The minimum absolute atomic E-state index is 0.244. The van der Waals surface area contributed by atoms with Crippen LogP contribution < -0.4 is 5.32 Å². The summed E-state index contributed by atoms with van der Waals surface area (Å²) in [5.74, 6) is 0.244. The SMILES string of the molecule is CN1CCN(C(=O)CNC2Cc3ccccc3C2)CC1. The summed E-state index contributed by atoms with van der Waals surface area (Å²) in [5, 5.41) is 3.43. The molecule has 1 aliphatic heterocycles. The summed E-state index contributed by atoms with van der Waals surface area (Å²) in [6, 6.07) is 9.00. The van der Waals surface area contributed by atoms with Gasteiger partial charge in [0.1, 0.15) is 0 Å². The minimum atomic E-state index is 0.244. The van der Waals surface area contributed by atoms with E-state index in [0.717, 1.165) is 39.0 Å². The van der Waals surface area contributed by atoms with Gasteiger partial charge < -0.3 is 15.1 Å². The van der Waals surface area contributed by atoms with Crippen molar-refractivity contribution in [1.82, 2.24) is 15.1 Å². The Bertz CT molecular complexity index is 455. The van der Waals surface area contributed by atoms with Gasteiger partial charge in [0.15, 0.2) is 0 Å². The number of amides is 1. The molecule has 3 rings (SSSR count). The lowest BCUT2D eigenvalue weighted by atomic mass is 10.1. The van der Waals surface area contributed by atoms with Crippen LogP contribution in [0.2, 0.25) is 0 Å². The molecule has 4 heteroatoms. The highest BCUT2D eigenvalue weighted by atomic mass is 16.2. The van der Waals surface area contributed by atoms with E-state index in [4.69, 9.17) is 0 Å². The largest absolute Gasteiger partial charge is 0.339 e. The van der Waals surface area contributed by atoms with Gasteiger partial charge in [-0.05, 0) is 31.0 Å². The van der Waals surface area contributed by atoms with Crippen molar-refractivity contribution in [3.63, 3.8) is 0 Å². The van der Waals surface area contributed by atoms with Crippen LogP contribution in [0.3, 0.4) is 0 Å². The van der Waals surface area contributed by atoms with Crippen molar-refractivity contribution >= 4 is 5.91 Å². The second-order valence-electron chi connectivity index (χ2n) is 5.94. The molecule has 1 amide bonds. The Balaban J connectivity index is 1.45. The van der Waals surface area contributed by atoms with E-state index in [2.05, 4.69) is 41.5 Å². The molecule has 1 aromatic carbocycles. The van der Waals surface area contributed by atoms with Gasteiger partial charge >= 0.3 is 0 Å². The minimum Gasteiger partial charge on any atom is -0.339 e. The summed E-state index contributed by atoms with van der Waals surface area (Å²) in [4.78, 5) is 16.4. The number of benzene rings is 1. The number of piperazine rings is 1. The topological polar surface area (TPSA) is 35.6 Å². The Hall–Kier alpha value is -1.39. The number of likely N-dealkylation sites (N-methyl/N-ethyl adjacent to an activating group) is 1. The van der Waals surface area contributed by atoms with E-state index < -0.39 is 0 Å². The van der Waals surface area contributed by atoms with Crippen LogP contribution in [0.5, 0.6) is 0 Å². The first kappa shape index (κ1) is 13.6. The van der Waals surface area contributed by atoms with Crippen molar-refractivity contribution < 1.29 is 4.79 Å². The number of carbonyl (C=O) groups is 1. The zero-order valence-electron chi connectivity index (χ0n) is 12.1. The van der Waals surface area contributed by atoms with E-state index in [-0.39, 0.29) is 5.91 Å². The molecule has 4 nitrogen and oxygen atoms in total. The second-order valence-corrected chi connectivity index (χ2v) is 5.94. The summed E-state index contributed by atoms with van der Waals surface area (Å²) in [6.07, 6.45) is 2.10. The predicted octanol–water partition coefficient (Wildman–Crippen LogP) is 0.517. The van der Waals surface area contributed by atoms with Gasteiger partial charge in [-0.2, -0.15) is 0 Å². The predicted molar refractivity (Wildman–Crippen MR) is 79.7 cm³/mol. The zero-order chi connectivity index (χ0) is 13.9. The third kappa shape index (κ3) is 3.02. The molecule has 0 spiro atoms. The molecule has 0 radical (unpaired) electrons. The highest BCUT2D eigenvalue weighted by Crippen LogP contribution is 2.21. The van der Waals surface area contributed by atoms with Gasteiger partial charge in [-0.3, -0.25) is 4.79 Å². The molecule has 1 aromatic rings. The lowest BCUT2D eigenvalue weighted by Gasteiger charge is -2.32. The second kappa shape index (κ2) is 5.94. The number of carbonyl (C=O) groups excluding carboxylic acids is 1. The first-order chi connectivity index (χ1) is 9.72. The fourth-order valence-electron chi connectivity index (χ4n) is 3.10. The Morgan fingerprint density at radius 2 is 1.75 bits per heavy atom. The number of hydrogen-bond donors (Lipinski definition) is 1. The molecule has 1 fully saturated rings. The molecule has 0 aromatic heterocycles. The van der Waals surface area contributed by atoms with Gasteiger partial charge in [-0.1, -0.05) is 24.3 Å². The van der Waals surface area contributed by atoms with Crippen molar-refractivity contribution in [2.45, 2.75) is 18.9 Å². The van der Waals surface area contributed by atoms with Crippen LogP contribution in [0.15, 0.2) is 24.3 Å². The fraction of sp³-hybridized carbons (Fsp3) is 0.562. The van der Waals surface area contributed by atoms with Crippen LogP contribution in [0.25, 0.3) is 0 Å². The molecule has 0 bridgehead atoms. The zero-order valence-corrected chi connectivity index (χ0v) is 12.1. The molecule has 2 aliphatic rings. The lowest BCUT2D eigenvalue weighted by Crippen LogP contribution is -2.50. The molecule has 0 saturated carbocycles. The van der Waals surface area contributed by atoms with Gasteiger partial charge in [0, 0.05) is 32.2 Å². The Morgan fingerprint density at radius 3 is 2.35 bits per heavy atom. The molecular weight excluding hydrogens is 250 g/mol. The molecule has 1 heterocycles. The summed E-state index contributed by atoms with van der Waals surface area (Å²) in [5.41, 5.74) is 2.86. The van der Waals surface area contributed by atoms with Crippen molar-refractivity contribution in [3.05, 3.63) is 35.4 Å². The van der Waals surface area contributed by atoms with Crippen LogP contribution in [-0.4, -0.2) is 61.5 Å². The summed E-state index contributed by atoms with van der Waals surface area (Å²) in [7, 11) is 2.11. The highest BCUT2D eigenvalue weighted by molar-refractivity contribution is 5.78. The number of hydrogen-bond acceptors (Lipinski definition) is 3. The van der Waals surface area contributed by atoms with Crippen molar-refractivity contribution in [2.24, 2.45) is 0 Å². The third-order valence-corrected chi connectivity index (χ3v) is 4.45. The molecule has 0 atom stereocenters. The number of nitrogens with zero attached hydrogens (tertiary/aromatic N) is 2. The van der Waals surface area contributed by atoms with E-state index >= 15 is 0 Å². The highest BCUT2D eigenvalue weighted by Gasteiger charge is 2.23. The number of nitrogens with one attached hydrogen (secondary N) is 1. The normalized spacial score (nSPS) is 20.1. The monoisotopic (exact) mass is 273 g/mol. The maximum absolute atomic E-state index is 12.2. The van der Waals surface area contributed by atoms with E-state index in [1.807, 2.05) is 4.90 Å². The molecular formula is C16H23N3O. The van der Waals surface area contributed by atoms with Gasteiger partial charge in [-0.15, -0.1) is 0 Å². The third-order valence-electron chi connectivity index (χ3n) is 4.45.